The van der Waals surface area contributed by atoms with E-state index in [4.69, 9.17) is 9.72 Å². The van der Waals surface area contributed by atoms with Gasteiger partial charge in [0.15, 0.2) is 0 Å². The maximum Gasteiger partial charge on any atom is 0.271 e. The quantitative estimate of drug-likeness (QED) is 0.376. The van der Waals surface area contributed by atoms with Crippen LogP contribution in [-0.2, 0) is 4.74 Å². The standard InChI is InChI=1S/C20H26N6O3S2/c1-20(28)6-3-12(4-7-20)22-17-16-13(5-10-30-16)23-19(25-17)24-15-11-14(26-31-15)18(27)21-8-9-29-2/h5,10-12,28H,3-4,6-9H2,1-2H3,(H,21,27)(H2,22,23,24,25)/t12-,20-. The Hall–Kier alpha value is -2.34. The molecule has 3 aromatic rings. The Kier molecular flexibility index (Phi) is 6.65. The topological polar surface area (TPSA) is 121 Å². The minimum Gasteiger partial charge on any atom is -0.390 e. The van der Waals surface area contributed by atoms with Crippen LogP contribution in [0.5, 0.6) is 0 Å². The van der Waals surface area contributed by atoms with Crippen LogP contribution in [-0.4, -0.2) is 57.3 Å². The van der Waals surface area contributed by atoms with Gasteiger partial charge in [0.05, 0.1) is 22.4 Å². The Labute approximate surface area is 188 Å². The van der Waals surface area contributed by atoms with Crippen LogP contribution in [0.2, 0.25) is 0 Å². The summed E-state index contributed by atoms with van der Waals surface area (Å²) in [5.74, 6) is 0.994. The molecule has 9 nitrogen and oxygen atoms in total. The lowest BCUT2D eigenvalue weighted by Crippen LogP contribution is -2.35. The molecule has 3 heterocycles. The molecule has 0 bridgehead atoms. The van der Waals surface area contributed by atoms with Crippen molar-refractivity contribution in [2.75, 3.05) is 30.9 Å². The summed E-state index contributed by atoms with van der Waals surface area (Å²) < 4.78 is 10.1. The highest BCUT2D eigenvalue weighted by Gasteiger charge is 2.29. The Morgan fingerprint density at radius 2 is 2.16 bits per heavy atom. The number of amides is 1. The number of thiophene rings is 1. The van der Waals surface area contributed by atoms with Crippen LogP contribution in [0.15, 0.2) is 17.5 Å². The van der Waals surface area contributed by atoms with Crippen molar-refractivity contribution in [3.63, 3.8) is 0 Å². The molecular formula is C20H26N6O3S2. The molecule has 1 aliphatic carbocycles. The van der Waals surface area contributed by atoms with Gasteiger partial charge >= 0.3 is 0 Å². The lowest BCUT2D eigenvalue weighted by Gasteiger charge is -2.33. The fourth-order valence-electron chi connectivity index (χ4n) is 3.50. The largest absolute Gasteiger partial charge is 0.390 e. The van der Waals surface area contributed by atoms with Crippen LogP contribution >= 0.6 is 22.9 Å². The zero-order valence-electron chi connectivity index (χ0n) is 17.5. The molecule has 0 radical (unpaired) electrons. The summed E-state index contributed by atoms with van der Waals surface area (Å²) in [5.41, 5.74) is 0.622. The van der Waals surface area contributed by atoms with Crippen LogP contribution in [0.25, 0.3) is 10.2 Å². The van der Waals surface area contributed by atoms with Crippen LogP contribution in [0.4, 0.5) is 16.8 Å². The smallest absolute Gasteiger partial charge is 0.271 e. The van der Waals surface area contributed by atoms with E-state index in [-0.39, 0.29) is 11.9 Å². The summed E-state index contributed by atoms with van der Waals surface area (Å²) in [6.07, 6.45) is 3.32. The van der Waals surface area contributed by atoms with Crippen molar-refractivity contribution >= 4 is 55.8 Å². The maximum absolute atomic E-state index is 12.1. The molecule has 0 aromatic carbocycles. The van der Waals surface area contributed by atoms with E-state index in [1.54, 1.807) is 24.5 Å². The highest BCUT2D eigenvalue weighted by atomic mass is 32.1. The number of hydrogen-bond donors (Lipinski definition) is 4. The predicted octanol–water partition coefficient (Wildman–Crippen LogP) is 3.37. The first-order chi connectivity index (χ1) is 14.9. The number of rotatable bonds is 8. The molecular weight excluding hydrogens is 436 g/mol. The van der Waals surface area contributed by atoms with E-state index < -0.39 is 5.60 Å². The van der Waals surface area contributed by atoms with E-state index in [1.807, 2.05) is 18.4 Å². The average molecular weight is 463 g/mol. The molecule has 0 unspecified atom stereocenters. The van der Waals surface area contributed by atoms with Crippen molar-refractivity contribution in [1.82, 2.24) is 19.7 Å². The zero-order chi connectivity index (χ0) is 21.8. The van der Waals surface area contributed by atoms with Crippen molar-refractivity contribution in [2.24, 2.45) is 0 Å². The first-order valence-corrected chi connectivity index (χ1v) is 11.8. The number of methoxy groups -OCH3 is 1. The first-order valence-electron chi connectivity index (χ1n) is 10.2. The molecule has 31 heavy (non-hydrogen) atoms. The minimum absolute atomic E-state index is 0.244. The molecule has 0 aliphatic heterocycles. The molecule has 4 N–H and O–H groups in total. The van der Waals surface area contributed by atoms with E-state index in [1.165, 1.54) is 11.5 Å². The number of carbonyl (C=O) groups is 1. The number of anilines is 3. The van der Waals surface area contributed by atoms with Crippen molar-refractivity contribution < 1.29 is 14.6 Å². The molecule has 1 amide bonds. The monoisotopic (exact) mass is 462 g/mol. The Balaban J connectivity index is 1.47. The van der Waals surface area contributed by atoms with Gasteiger partial charge in [0.1, 0.15) is 16.5 Å². The number of ether oxygens (including phenoxy) is 1. The van der Waals surface area contributed by atoms with Gasteiger partial charge in [-0.2, -0.15) is 9.36 Å². The first kappa shape index (κ1) is 21.9. The zero-order valence-corrected chi connectivity index (χ0v) is 19.1. The van der Waals surface area contributed by atoms with Gasteiger partial charge in [0, 0.05) is 25.8 Å². The lowest BCUT2D eigenvalue weighted by molar-refractivity contribution is 0.0196. The van der Waals surface area contributed by atoms with E-state index in [9.17, 15) is 9.90 Å². The molecule has 1 saturated carbocycles. The second kappa shape index (κ2) is 9.43. The van der Waals surface area contributed by atoms with Crippen LogP contribution in [0.1, 0.15) is 43.1 Å². The fraction of sp³-hybridized carbons (Fsp3) is 0.500. The SMILES string of the molecule is COCCNC(=O)c1cc(Nc2nc(N[C@H]3CC[C@](C)(O)CC3)c3sccc3n2)sn1. The van der Waals surface area contributed by atoms with Gasteiger partial charge in [0.25, 0.3) is 5.91 Å². The molecule has 3 aromatic heterocycles. The van der Waals surface area contributed by atoms with Crippen molar-refractivity contribution in [1.29, 1.82) is 0 Å². The number of aliphatic hydroxyl groups is 1. The minimum atomic E-state index is -0.575. The Morgan fingerprint density at radius 3 is 2.94 bits per heavy atom. The predicted molar refractivity (Wildman–Crippen MR) is 124 cm³/mol. The second-order valence-corrected chi connectivity index (χ2v) is 9.62. The summed E-state index contributed by atoms with van der Waals surface area (Å²) in [6.45, 7) is 2.78. The van der Waals surface area contributed by atoms with Gasteiger partial charge in [-0.1, -0.05) is 0 Å². The van der Waals surface area contributed by atoms with Gasteiger partial charge in [-0.15, -0.1) is 11.3 Å². The van der Waals surface area contributed by atoms with Gasteiger partial charge in [0.2, 0.25) is 5.95 Å². The summed E-state index contributed by atoms with van der Waals surface area (Å²) in [4.78, 5) is 21.4. The third kappa shape index (κ3) is 5.48. The third-order valence-electron chi connectivity index (χ3n) is 5.28. The summed E-state index contributed by atoms with van der Waals surface area (Å²) in [5, 5.41) is 22.4. The van der Waals surface area contributed by atoms with Gasteiger partial charge in [-0.25, -0.2) is 4.98 Å². The van der Waals surface area contributed by atoms with Crippen LogP contribution in [0.3, 0.4) is 0 Å². The molecule has 0 saturated heterocycles. The van der Waals surface area contributed by atoms with E-state index in [0.29, 0.717) is 29.8 Å². The van der Waals surface area contributed by atoms with Gasteiger partial charge < -0.3 is 25.8 Å². The fourth-order valence-corrected chi connectivity index (χ4v) is 4.92. The second-order valence-electron chi connectivity index (χ2n) is 7.90. The molecule has 166 valence electrons. The molecule has 4 rings (SSSR count). The van der Waals surface area contributed by atoms with Gasteiger partial charge in [-0.3, -0.25) is 4.79 Å². The van der Waals surface area contributed by atoms with E-state index >= 15 is 0 Å². The highest BCUT2D eigenvalue weighted by Crippen LogP contribution is 2.33. The highest BCUT2D eigenvalue weighted by molar-refractivity contribution is 7.17. The summed E-state index contributed by atoms with van der Waals surface area (Å²) in [6, 6.07) is 3.91. The molecule has 1 fully saturated rings. The van der Waals surface area contributed by atoms with Crippen molar-refractivity contribution in [3.05, 3.63) is 23.2 Å². The average Bonchev–Trinajstić information content (AvgIpc) is 3.39. The van der Waals surface area contributed by atoms with Crippen molar-refractivity contribution in [2.45, 2.75) is 44.2 Å². The Bertz CT molecular complexity index is 1040. The van der Waals surface area contributed by atoms with E-state index in [2.05, 4.69) is 25.3 Å². The maximum atomic E-state index is 12.1. The number of aromatic nitrogens is 3. The van der Waals surface area contributed by atoms with Crippen LogP contribution < -0.4 is 16.0 Å². The number of nitrogens with zero attached hydrogens (tertiary/aromatic N) is 3. The lowest BCUT2D eigenvalue weighted by atomic mass is 9.84. The Morgan fingerprint density at radius 1 is 1.35 bits per heavy atom. The normalized spacial score (nSPS) is 21.2. The van der Waals surface area contributed by atoms with Crippen LogP contribution in [0, 0.1) is 0 Å². The van der Waals surface area contributed by atoms with Crippen molar-refractivity contribution in [3.8, 4) is 0 Å². The van der Waals surface area contributed by atoms with E-state index in [0.717, 1.165) is 41.7 Å². The summed E-state index contributed by atoms with van der Waals surface area (Å²) in [7, 11) is 1.59. The molecule has 0 spiro atoms. The third-order valence-corrected chi connectivity index (χ3v) is 6.89. The number of fused-ring (bicyclic) bond motifs is 1. The molecule has 0 atom stereocenters. The molecule has 1 aliphatic rings. The molecule has 11 heteroatoms. The number of hydrogen-bond acceptors (Lipinski definition) is 10. The number of carbonyl (C=O) groups excluding carboxylic acids is 1. The van der Waals surface area contributed by atoms with Gasteiger partial charge in [-0.05, 0) is 55.6 Å². The summed E-state index contributed by atoms with van der Waals surface area (Å²) >= 11 is 2.78. The number of nitrogens with one attached hydrogen (secondary N) is 3.